The third kappa shape index (κ3) is 4.78. The second kappa shape index (κ2) is 8.26. The molecule has 0 aliphatic carbocycles. The number of hydrogen-bond acceptors (Lipinski definition) is 2. The average molecular weight is 339 g/mol. The summed E-state index contributed by atoms with van der Waals surface area (Å²) >= 11 is 0. The Bertz CT molecular complexity index is 786. The van der Waals surface area contributed by atoms with Crippen molar-refractivity contribution >= 4 is 11.6 Å². The molecule has 0 saturated heterocycles. The monoisotopic (exact) mass is 339 g/mol. The lowest BCUT2D eigenvalue weighted by Crippen LogP contribution is -2.87. The van der Waals surface area contributed by atoms with Gasteiger partial charge < -0.3 is 15.1 Å². The molecule has 3 rings (SSSR count). The van der Waals surface area contributed by atoms with E-state index in [0.29, 0.717) is 12.2 Å². The van der Waals surface area contributed by atoms with Gasteiger partial charge in [-0.25, -0.2) is 4.39 Å². The summed E-state index contributed by atoms with van der Waals surface area (Å²) in [5.74, 6) is 0.418. The highest BCUT2D eigenvalue weighted by molar-refractivity contribution is 5.94. The molecule has 0 aliphatic heterocycles. The van der Waals surface area contributed by atoms with Gasteiger partial charge in [0.05, 0.1) is 19.2 Å². The minimum absolute atomic E-state index is 0.141. The molecule has 128 valence electrons. The first-order valence-electron chi connectivity index (χ1n) is 8.19. The molecular weight excluding hydrogens is 319 g/mol. The van der Waals surface area contributed by atoms with E-state index in [0.717, 1.165) is 17.7 Å². The van der Waals surface area contributed by atoms with Gasteiger partial charge in [-0.05, 0) is 36.4 Å². The van der Waals surface area contributed by atoms with Gasteiger partial charge in [-0.1, -0.05) is 30.3 Å². The van der Waals surface area contributed by atoms with E-state index in [1.165, 1.54) is 12.1 Å². The van der Waals surface area contributed by atoms with E-state index in [1.54, 1.807) is 18.4 Å². The Balaban J connectivity index is 1.68. The Morgan fingerprint density at radius 2 is 1.80 bits per heavy atom. The van der Waals surface area contributed by atoms with Crippen molar-refractivity contribution in [1.82, 2.24) is 0 Å². The predicted octanol–water partition coefficient (Wildman–Crippen LogP) is 2.90. The quantitative estimate of drug-likeness (QED) is 0.695. The highest BCUT2D eigenvalue weighted by atomic mass is 19.1. The van der Waals surface area contributed by atoms with E-state index in [2.05, 4.69) is 5.32 Å². The Kier molecular flexibility index (Phi) is 5.59. The normalized spacial score (nSPS) is 11.9. The molecule has 3 aromatic rings. The van der Waals surface area contributed by atoms with Gasteiger partial charge in [0.1, 0.15) is 11.6 Å². The van der Waals surface area contributed by atoms with E-state index < -0.39 is 0 Å². The molecule has 0 aliphatic rings. The van der Waals surface area contributed by atoms with Gasteiger partial charge in [-0.2, -0.15) is 0 Å². The minimum Gasteiger partial charge on any atom is -0.469 e. The number of anilines is 1. The number of quaternary nitrogens is 1. The van der Waals surface area contributed by atoms with Crippen molar-refractivity contribution in [1.29, 1.82) is 0 Å². The fraction of sp³-hybridized carbons (Fsp3) is 0.150. The predicted molar refractivity (Wildman–Crippen MR) is 93.4 cm³/mol. The van der Waals surface area contributed by atoms with Crippen LogP contribution in [0.15, 0.2) is 77.4 Å². The van der Waals surface area contributed by atoms with Crippen LogP contribution in [0.1, 0.15) is 17.4 Å². The van der Waals surface area contributed by atoms with Crippen LogP contribution >= 0.6 is 0 Å². The summed E-state index contributed by atoms with van der Waals surface area (Å²) in [6.45, 7) is 0.712. The van der Waals surface area contributed by atoms with Crippen molar-refractivity contribution in [3.63, 3.8) is 0 Å². The maximum atomic E-state index is 13.0. The molecule has 0 radical (unpaired) electrons. The number of benzene rings is 2. The summed E-state index contributed by atoms with van der Waals surface area (Å²) < 4.78 is 18.4. The summed E-state index contributed by atoms with van der Waals surface area (Å²) in [4.78, 5) is 12.7. The van der Waals surface area contributed by atoms with Gasteiger partial charge in [-0.3, -0.25) is 4.79 Å². The van der Waals surface area contributed by atoms with Crippen molar-refractivity contribution in [2.24, 2.45) is 0 Å². The van der Waals surface area contributed by atoms with Crippen LogP contribution < -0.4 is 10.6 Å². The second-order valence-electron chi connectivity index (χ2n) is 5.74. The maximum Gasteiger partial charge on any atom is 0.287 e. The van der Waals surface area contributed by atoms with Crippen molar-refractivity contribution in [2.75, 3.05) is 11.9 Å². The summed E-state index contributed by atoms with van der Waals surface area (Å²) in [6.07, 6.45) is 2.38. The van der Waals surface area contributed by atoms with Crippen LogP contribution in [0.3, 0.4) is 0 Å². The standard InChI is InChI=1S/C20H19FN2O2/c21-16-8-10-17(11-9-16)23-20(24)19(15-5-2-1-3-6-15)22-13-12-18-7-4-14-25-18/h1-11,14,19,22H,12-13H2,(H,23,24)/p+1/t19-/m1/s1. The molecule has 1 amide bonds. The zero-order chi connectivity index (χ0) is 17.5. The molecule has 1 atom stereocenters. The zero-order valence-electron chi connectivity index (χ0n) is 13.7. The molecular formula is C20H20FN2O2+. The molecule has 1 aromatic heterocycles. The van der Waals surface area contributed by atoms with Crippen molar-refractivity contribution < 1.29 is 18.9 Å². The van der Waals surface area contributed by atoms with Gasteiger partial charge in [-0.15, -0.1) is 0 Å². The van der Waals surface area contributed by atoms with E-state index in [1.807, 2.05) is 47.8 Å². The van der Waals surface area contributed by atoms with Crippen LogP contribution in [0.2, 0.25) is 0 Å². The number of carbonyl (C=O) groups excluding carboxylic acids is 1. The maximum absolute atomic E-state index is 13.0. The third-order valence-electron chi connectivity index (χ3n) is 3.93. The molecule has 0 bridgehead atoms. The highest BCUT2D eigenvalue weighted by Gasteiger charge is 2.24. The number of amides is 1. The lowest BCUT2D eigenvalue weighted by molar-refractivity contribution is -0.682. The Labute approximate surface area is 145 Å². The van der Waals surface area contributed by atoms with Crippen LogP contribution in [0.5, 0.6) is 0 Å². The Morgan fingerprint density at radius 3 is 2.48 bits per heavy atom. The molecule has 3 N–H and O–H groups in total. The number of halogens is 1. The number of carbonyl (C=O) groups is 1. The topological polar surface area (TPSA) is 58.9 Å². The largest absolute Gasteiger partial charge is 0.469 e. The van der Waals surface area contributed by atoms with Crippen LogP contribution in [0, 0.1) is 5.82 Å². The number of rotatable bonds is 7. The molecule has 4 nitrogen and oxygen atoms in total. The smallest absolute Gasteiger partial charge is 0.287 e. The lowest BCUT2D eigenvalue weighted by atomic mass is 10.1. The molecule has 0 spiro atoms. The Hall–Kier alpha value is -2.92. The SMILES string of the molecule is O=C(Nc1ccc(F)cc1)[C@H]([NH2+]CCc1ccco1)c1ccccc1. The second-order valence-corrected chi connectivity index (χ2v) is 5.74. The van der Waals surface area contributed by atoms with Crippen LogP contribution in [-0.4, -0.2) is 12.5 Å². The van der Waals surface area contributed by atoms with Crippen LogP contribution in [0.25, 0.3) is 0 Å². The first-order chi connectivity index (χ1) is 12.2. The Morgan fingerprint density at radius 1 is 1.04 bits per heavy atom. The molecule has 2 aromatic carbocycles. The summed E-state index contributed by atoms with van der Waals surface area (Å²) in [5, 5.41) is 4.83. The molecule has 1 heterocycles. The molecule has 5 heteroatoms. The minimum atomic E-state index is -0.388. The lowest BCUT2D eigenvalue weighted by Gasteiger charge is -2.16. The third-order valence-corrected chi connectivity index (χ3v) is 3.93. The number of hydrogen-bond donors (Lipinski definition) is 2. The molecule has 0 fully saturated rings. The van der Waals surface area contributed by atoms with Crippen molar-refractivity contribution in [2.45, 2.75) is 12.5 Å². The number of nitrogens with one attached hydrogen (secondary N) is 1. The van der Waals surface area contributed by atoms with E-state index in [9.17, 15) is 9.18 Å². The first kappa shape index (κ1) is 16.9. The fourth-order valence-corrected chi connectivity index (χ4v) is 2.66. The zero-order valence-corrected chi connectivity index (χ0v) is 13.7. The van der Waals surface area contributed by atoms with Crippen molar-refractivity contribution in [3.05, 3.63) is 90.1 Å². The van der Waals surface area contributed by atoms with E-state index in [4.69, 9.17) is 4.42 Å². The van der Waals surface area contributed by atoms with Crippen molar-refractivity contribution in [3.8, 4) is 0 Å². The van der Waals surface area contributed by atoms with Gasteiger partial charge in [0.15, 0.2) is 6.04 Å². The summed E-state index contributed by atoms with van der Waals surface area (Å²) in [5.41, 5.74) is 1.49. The van der Waals surface area contributed by atoms with E-state index in [-0.39, 0.29) is 17.8 Å². The van der Waals surface area contributed by atoms with Gasteiger partial charge >= 0.3 is 0 Å². The molecule has 0 saturated carbocycles. The first-order valence-corrected chi connectivity index (χ1v) is 8.19. The van der Waals surface area contributed by atoms with E-state index >= 15 is 0 Å². The van der Waals surface area contributed by atoms with Gasteiger partial charge in [0, 0.05) is 11.3 Å². The number of nitrogens with two attached hydrogens (primary N) is 1. The fourth-order valence-electron chi connectivity index (χ4n) is 2.66. The highest BCUT2D eigenvalue weighted by Crippen LogP contribution is 2.14. The summed E-state index contributed by atoms with van der Waals surface area (Å²) in [7, 11) is 0. The van der Waals surface area contributed by atoms with Gasteiger partial charge in [0.25, 0.3) is 5.91 Å². The van der Waals surface area contributed by atoms with Crippen LogP contribution in [-0.2, 0) is 11.2 Å². The average Bonchev–Trinajstić information content (AvgIpc) is 3.15. The summed E-state index contributed by atoms with van der Waals surface area (Å²) in [6, 6.07) is 18.7. The number of furan rings is 1. The molecule has 0 unspecified atom stereocenters. The molecule has 25 heavy (non-hydrogen) atoms. The van der Waals surface area contributed by atoms with Crippen LogP contribution in [0.4, 0.5) is 10.1 Å². The van der Waals surface area contributed by atoms with Gasteiger partial charge in [0.2, 0.25) is 0 Å².